The molecule has 1 spiro atoms. The molecular formula is C19H27N3O2. The van der Waals surface area contributed by atoms with Gasteiger partial charge in [-0.05, 0) is 62.9 Å². The van der Waals surface area contributed by atoms with E-state index in [9.17, 15) is 9.59 Å². The van der Waals surface area contributed by atoms with Crippen molar-refractivity contribution >= 4 is 17.5 Å². The van der Waals surface area contributed by atoms with Crippen LogP contribution in [0.4, 0.5) is 5.69 Å². The van der Waals surface area contributed by atoms with Crippen molar-refractivity contribution in [3.05, 3.63) is 29.3 Å². The van der Waals surface area contributed by atoms with Gasteiger partial charge in [-0.2, -0.15) is 0 Å². The van der Waals surface area contributed by atoms with E-state index in [1.54, 1.807) is 0 Å². The summed E-state index contributed by atoms with van der Waals surface area (Å²) in [6.07, 6.45) is 3.33. The molecule has 0 unspecified atom stereocenters. The molecule has 2 fully saturated rings. The van der Waals surface area contributed by atoms with Gasteiger partial charge in [0.15, 0.2) is 0 Å². The zero-order valence-corrected chi connectivity index (χ0v) is 14.7. The van der Waals surface area contributed by atoms with Crippen molar-refractivity contribution in [2.75, 3.05) is 31.5 Å². The molecule has 1 atom stereocenters. The molecule has 0 saturated carbocycles. The summed E-state index contributed by atoms with van der Waals surface area (Å²) in [6, 6.07) is 5.91. The molecule has 0 radical (unpaired) electrons. The van der Waals surface area contributed by atoms with Crippen LogP contribution in [-0.4, -0.2) is 42.9 Å². The minimum atomic E-state index is -0.229. The highest BCUT2D eigenvalue weighted by atomic mass is 16.2. The highest BCUT2D eigenvalue weighted by Crippen LogP contribution is 2.36. The SMILES string of the molecule is Cc1cc(C)cc(NC(=O)CC(=O)N2CC[C@]3(CCCNC3)C2)c1. The molecule has 5 heteroatoms. The first-order valence-corrected chi connectivity index (χ1v) is 8.82. The van der Waals surface area contributed by atoms with Crippen LogP contribution in [0.5, 0.6) is 0 Å². The molecule has 2 aliphatic rings. The van der Waals surface area contributed by atoms with Gasteiger partial charge < -0.3 is 15.5 Å². The van der Waals surface area contributed by atoms with E-state index < -0.39 is 0 Å². The quantitative estimate of drug-likeness (QED) is 0.836. The van der Waals surface area contributed by atoms with Gasteiger partial charge in [0.25, 0.3) is 0 Å². The standard InChI is InChI=1S/C19H27N3O2/c1-14-8-15(2)10-16(9-14)21-17(23)11-18(24)22-7-5-19(13-22)4-3-6-20-12-19/h8-10,20H,3-7,11-13H2,1-2H3,(H,21,23)/t19-/m0/s1. The van der Waals surface area contributed by atoms with Gasteiger partial charge in [-0.25, -0.2) is 0 Å². The lowest BCUT2D eigenvalue weighted by molar-refractivity contribution is -0.134. The summed E-state index contributed by atoms with van der Waals surface area (Å²) in [4.78, 5) is 26.5. The van der Waals surface area contributed by atoms with E-state index in [0.29, 0.717) is 0 Å². The van der Waals surface area contributed by atoms with Gasteiger partial charge in [0.2, 0.25) is 11.8 Å². The number of hydrogen-bond acceptors (Lipinski definition) is 3. The maximum absolute atomic E-state index is 12.5. The number of nitrogens with one attached hydrogen (secondary N) is 2. The first-order chi connectivity index (χ1) is 11.5. The van der Waals surface area contributed by atoms with Gasteiger partial charge in [0, 0.05) is 30.7 Å². The van der Waals surface area contributed by atoms with Crippen molar-refractivity contribution in [1.82, 2.24) is 10.2 Å². The van der Waals surface area contributed by atoms with E-state index in [2.05, 4.69) is 16.7 Å². The van der Waals surface area contributed by atoms with Crippen LogP contribution in [0.25, 0.3) is 0 Å². The molecule has 0 aliphatic carbocycles. The fourth-order valence-electron chi connectivity index (χ4n) is 4.03. The van der Waals surface area contributed by atoms with Crippen molar-refractivity contribution in [3.8, 4) is 0 Å². The Hall–Kier alpha value is -1.88. The average molecular weight is 329 g/mol. The smallest absolute Gasteiger partial charge is 0.233 e. The lowest BCUT2D eigenvalue weighted by Crippen LogP contribution is -2.43. The van der Waals surface area contributed by atoms with Crippen LogP contribution in [0.15, 0.2) is 18.2 Å². The largest absolute Gasteiger partial charge is 0.342 e. The molecule has 1 aromatic carbocycles. The van der Waals surface area contributed by atoms with Crippen LogP contribution >= 0.6 is 0 Å². The number of rotatable bonds is 3. The Balaban J connectivity index is 1.54. The minimum Gasteiger partial charge on any atom is -0.342 e. The van der Waals surface area contributed by atoms with Crippen molar-refractivity contribution in [3.63, 3.8) is 0 Å². The summed E-state index contributed by atoms with van der Waals surface area (Å²) in [5.41, 5.74) is 3.20. The fourth-order valence-corrected chi connectivity index (χ4v) is 4.03. The Morgan fingerprint density at radius 1 is 1.21 bits per heavy atom. The first kappa shape index (κ1) is 17.0. The second-order valence-electron chi connectivity index (χ2n) is 7.45. The normalized spacial score (nSPS) is 23.5. The maximum Gasteiger partial charge on any atom is 0.233 e. The van der Waals surface area contributed by atoms with Crippen LogP contribution in [-0.2, 0) is 9.59 Å². The van der Waals surface area contributed by atoms with Crippen LogP contribution in [0.2, 0.25) is 0 Å². The monoisotopic (exact) mass is 329 g/mol. The topological polar surface area (TPSA) is 61.4 Å². The minimum absolute atomic E-state index is 0.0562. The number of benzene rings is 1. The van der Waals surface area contributed by atoms with Crippen molar-refractivity contribution in [2.24, 2.45) is 5.41 Å². The van der Waals surface area contributed by atoms with Crippen LogP contribution < -0.4 is 10.6 Å². The molecule has 3 rings (SSSR count). The van der Waals surface area contributed by atoms with Crippen LogP contribution in [0.3, 0.4) is 0 Å². The van der Waals surface area contributed by atoms with Gasteiger partial charge in [-0.1, -0.05) is 6.07 Å². The number of aryl methyl sites for hydroxylation is 2. The van der Waals surface area contributed by atoms with Gasteiger partial charge in [0.05, 0.1) is 0 Å². The van der Waals surface area contributed by atoms with E-state index in [-0.39, 0.29) is 23.7 Å². The first-order valence-electron chi connectivity index (χ1n) is 8.82. The third-order valence-corrected chi connectivity index (χ3v) is 5.17. The Morgan fingerprint density at radius 2 is 1.96 bits per heavy atom. The number of hydrogen-bond donors (Lipinski definition) is 2. The fraction of sp³-hybridized carbons (Fsp3) is 0.579. The predicted octanol–water partition coefficient (Wildman–Crippen LogP) is 2.23. The summed E-state index contributed by atoms with van der Waals surface area (Å²) >= 11 is 0. The molecule has 2 aliphatic heterocycles. The molecule has 2 saturated heterocycles. The van der Waals surface area contributed by atoms with Gasteiger partial charge in [-0.3, -0.25) is 9.59 Å². The summed E-state index contributed by atoms with van der Waals surface area (Å²) < 4.78 is 0. The van der Waals surface area contributed by atoms with Gasteiger partial charge >= 0.3 is 0 Å². The second-order valence-corrected chi connectivity index (χ2v) is 7.45. The van der Waals surface area contributed by atoms with Crippen LogP contribution in [0, 0.1) is 19.3 Å². The van der Waals surface area contributed by atoms with Crippen molar-refractivity contribution in [2.45, 2.75) is 39.5 Å². The Bertz CT molecular complexity index is 615. The number of likely N-dealkylation sites (tertiary alicyclic amines) is 1. The van der Waals surface area contributed by atoms with E-state index in [1.165, 1.54) is 12.8 Å². The third kappa shape index (κ3) is 3.96. The van der Waals surface area contributed by atoms with Crippen molar-refractivity contribution < 1.29 is 9.59 Å². The van der Waals surface area contributed by atoms with E-state index >= 15 is 0 Å². The molecule has 1 aromatic rings. The molecule has 2 N–H and O–H groups in total. The molecule has 2 amide bonds. The number of amides is 2. The maximum atomic E-state index is 12.5. The molecule has 130 valence electrons. The molecule has 2 heterocycles. The zero-order chi connectivity index (χ0) is 17.2. The number of nitrogens with zero attached hydrogens (tertiary/aromatic N) is 1. The molecule has 5 nitrogen and oxygen atoms in total. The summed E-state index contributed by atoms with van der Waals surface area (Å²) in [5.74, 6) is -0.285. The summed E-state index contributed by atoms with van der Waals surface area (Å²) in [5, 5.41) is 6.29. The summed E-state index contributed by atoms with van der Waals surface area (Å²) in [7, 11) is 0. The van der Waals surface area contributed by atoms with E-state index in [0.717, 1.165) is 49.4 Å². The highest BCUT2D eigenvalue weighted by molar-refractivity contribution is 6.03. The third-order valence-electron chi connectivity index (χ3n) is 5.17. The molecule has 0 aromatic heterocycles. The molecular weight excluding hydrogens is 302 g/mol. The number of carbonyl (C=O) groups is 2. The molecule has 24 heavy (non-hydrogen) atoms. The number of carbonyl (C=O) groups excluding carboxylic acids is 2. The Kier molecular flexibility index (Phi) is 4.90. The van der Waals surface area contributed by atoms with Gasteiger partial charge in [0.1, 0.15) is 6.42 Å². The van der Waals surface area contributed by atoms with Gasteiger partial charge in [-0.15, -0.1) is 0 Å². The van der Waals surface area contributed by atoms with Crippen molar-refractivity contribution in [1.29, 1.82) is 0 Å². The highest BCUT2D eigenvalue weighted by Gasteiger charge is 2.40. The summed E-state index contributed by atoms with van der Waals surface area (Å²) in [6.45, 7) is 7.62. The lowest BCUT2D eigenvalue weighted by Gasteiger charge is -2.33. The lowest BCUT2D eigenvalue weighted by atomic mass is 9.80. The Morgan fingerprint density at radius 3 is 2.62 bits per heavy atom. The average Bonchev–Trinajstić information content (AvgIpc) is 2.90. The van der Waals surface area contributed by atoms with E-state index in [1.807, 2.05) is 30.9 Å². The predicted molar refractivity (Wildman–Crippen MR) is 94.9 cm³/mol. The number of anilines is 1. The van der Waals surface area contributed by atoms with Crippen LogP contribution in [0.1, 0.15) is 36.8 Å². The number of piperidine rings is 1. The van der Waals surface area contributed by atoms with E-state index in [4.69, 9.17) is 0 Å². The Labute approximate surface area is 143 Å². The second kappa shape index (κ2) is 6.93. The zero-order valence-electron chi connectivity index (χ0n) is 14.7. The molecule has 0 bridgehead atoms.